The van der Waals surface area contributed by atoms with Crippen molar-refractivity contribution in [2.45, 2.75) is 39.7 Å². The third-order valence-corrected chi connectivity index (χ3v) is 4.14. The number of hydrogen-bond acceptors (Lipinski definition) is 4. The van der Waals surface area contributed by atoms with Gasteiger partial charge >= 0.3 is 0 Å². The van der Waals surface area contributed by atoms with Gasteiger partial charge in [0.05, 0.1) is 6.61 Å². The molecule has 4 nitrogen and oxygen atoms in total. The molecule has 0 aromatic carbocycles. The van der Waals surface area contributed by atoms with Crippen molar-refractivity contribution in [2.75, 3.05) is 25.2 Å². The Morgan fingerprint density at radius 3 is 2.63 bits per heavy atom. The molecule has 1 unspecified atom stereocenters. The molecule has 0 bridgehead atoms. The lowest BCUT2D eigenvalue weighted by molar-refractivity contribution is 0.202. The Bertz CT molecular complexity index is 449. The Hall–Kier alpha value is -0.870. The number of aryl methyl sites for hydroxylation is 1. The zero-order valence-corrected chi connectivity index (χ0v) is 12.9. The summed E-state index contributed by atoms with van der Waals surface area (Å²) in [4.78, 5) is 11.1. The van der Waals surface area contributed by atoms with Crippen LogP contribution in [-0.4, -0.2) is 36.3 Å². The fourth-order valence-electron chi connectivity index (χ4n) is 2.39. The Morgan fingerprint density at radius 1 is 1.37 bits per heavy atom. The van der Waals surface area contributed by atoms with Crippen molar-refractivity contribution in [1.29, 1.82) is 0 Å². The van der Waals surface area contributed by atoms with Gasteiger partial charge < -0.3 is 9.64 Å². The van der Waals surface area contributed by atoms with Gasteiger partial charge in [-0.2, -0.15) is 0 Å². The van der Waals surface area contributed by atoms with Crippen LogP contribution in [0.5, 0.6) is 0 Å². The summed E-state index contributed by atoms with van der Waals surface area (Å²) in [7, 11) is 1.73. The van der Waals surface area contributed by atoms with Crippen LogP contribution in [0.3, 0.4) is 0 Å². The lowest BCUT2D eigenvalue weighted by Crippen LogP contribution is -2.38. The Morgan fingerprint density at radius 2 is 2.05 bits per heavy atom. The Kier molecular flexibility index (Phi) is 4.63. The summed E-state index contributed by atoms with van der Waals surface area (Å²) in [6.45, 7) is 7.65. The summed E-state index contributed by atoms with van der Waals surface area (Å²) < 4.78 is 5.23. The molecule has 1 aliphatic rings. The summed E-state index contributed by atoms with van der Waals surface area (Å²) in [5, 5.41) is 0.549. The van der Waals surface area contributed by atoms with Gasteiger partial charge in [-0.15, -0.1) is 0 Å². The number of anilines is 1. The summed E-state index contributed by atoms with van der Waals surface area (Å²) in [6.07, 6.45) is 2.61. The van der Waals surface area contributed by atoms with Crippen molar-refractivity contribution in [1.82, 2.24) is 9.97 Å². The van der Waals surface area contributed by atoms with Crippen molar-refractivity contribution in [3.63, 3.8) is 0 Å². The summed E-state index contributed by atoms with van der Waals surface area (Å²) in [5.41, 5.74) is 0.955. The fraction of sp³-hybridized carbons (Fsp3) is 0.714. The van der Waals surface area contributed by atoms with Crippen LogP contribution in [0.1, 0.15) is 31.2 Å². The maximum absolute atomic E-state index is 6.19. The molecule has 0 N–H and O–H groups in total. The Balaban J connectivity index is 2.30. The zero-order valence-electron chi connectivity index (χ0n) is 12.1. The van der Waals surface area contributed by atoms with E-state index in [2.05, 4.69) is 21.8 Å². The molecule has 1 aliphatic carbocycles. The van der Waals surface area contributed by atoms with Crippen LogP contribution >= 0.6 is 11.6 Å². The average Bonchev–Trinajstić information content (AvgIpc) is 3.19. The lowest BCUT2D eigenvalue weighted by Gasteiger charge is -2.31. The molecule has 2 rings (SSSR count). The molecule has 1 fully saturated rings. The van der Waals surface area contributed by atoms with E-state index in [0.29, 0.717) is 17.8 Å². The number of nitrogens with zero attached hydrogens (tertiary/aromatic N) is 3. The van der Waals surface area contributed by atoms with E-state index in [1.54, 1.807) is 7.11 Å². The molecule has 1 atom stereocenters. The van der Waals surface area contributed by atoms with E-state index in [1.807, 2.05) is 13.8 Å². The number of hydrogen-bond donors (Lipinski definition) is 0. The fourth-order valence-corrected chi connectivity index (χ4v) is 2.59. The minimum Gasteiger partial charge on any atom is -0.383 e. The number of halogens is 1. The first-order valence-corrected chi connectivity index (χ1v) is 7.18. The first-order valence-electron chi connectivity index (χ1n) is 6.81. The van der Waals surface area contributed by atoms with Crippen LogP contribution in [0, 0.1) is 19.8 Å². The second-order valence-electron chi connectivity index (χ2n) is 5.27. The van der Waals surface area contributed by atoms with E-state index in [9.17, 15) is 0 Å². The van der Waals surface area contributed by atoms with Gasteiger partial charge in [0.1, 0.15) is 16.8 Å². The highest BCUT2D eigenvalue weighted by molar-refractivity contribution is 6.30. The molecule has 1 heterocycles. The number of ether oxygens (including phenoxy) is 1. The van der Waals surface area contributed by atoms with Crippen molar-refractivity contribution in [3.05, 3.63) is 16.5 Å². The summed E-state index contributed by atoms with van der Waals surface area (Å²) in [5.74, 6) is 2.44. The number of rotatable bonds is 6. The molecular formula is C14H22ClN3O. The molecule has 0 aliphatic heterocycles. The molecular weight excluding hydrogens is 262 g/mol. The molecule has 0 radical (unpaired) electrons. The van der Waals surface area contributed by atoms with Gasteiger partial charge in [-0.25, -0.2) is 9.97 Å². The van der Waals surface area contributed by atoms with Crippen molar-refractivity contribution < 1.29 is 4.74 Å². The summed E-state index contributed by atoms with van der Waals surface area (Å²) in [6, 6.07) is 0.471. The second-order valence-corrected chi connectivity index (χ2v) is 5.63. The monoisotopic (exact) mass is 283 g/mol. The van der Waals surface area contributed by atoms with E-state index in [-0.39, 0.29) is 0 Å². The summed E-state index contributed by atoms with van der Waals surface area (Å²) >= 11 is 6.19. The average molecular weight is 284 g/mol. The number of methoxy groups -OCH3 is 1. The third-order valence-electron chi connectivity index (χ3n) is 3.78. The molecule has 1 aromatic heterocycles. The quantitative estimate of drug-likeness (QED) is 0.752. The Labute approximate surface area is 120 Å². The maximum Gasteiger partial charge on any atom is 0.137 e. The number of aromatic nitrogens is 2. The van der Waals surface area contributed by atoms with E-state index in [1.165, 1.54) is 12.8 Å². The van der Waals surface area contributed by atoms with E-state index >= 15 is 0 Å². The van der Waals surface area contributed by atoms with Crippen molar-refractivity contribution >= 4 is 17.4 Å². The molecule has 19 heavy (non-hydrogen) atoms. The normalized spacial score (nSPS) is 16.5. The third kappa shape index (κ3) is 3.37. The van der Waals surface area contributed by atoms with Crippen LogP contribution in [0.25, 0.3) is 0 Å². The van der Waals surface area contributed by atoms with Gasteiger partial charge in [-0.05, 0) is 39.5 Å². The first-order chi connectivity index (χ1) is 9.04. The highest BCUT2D eigenvalue weighted by atomic mass is 35.5. The van der Waals surface area contributed by atoms with E-state index in [0.717, 1.165) is 29.7 Å². The van der Waals surface area contributed by atoms with Crippen molar-refractivity contribution in [2.24, 2.45) is 5.92 Å². The molecule has 1 saturated carbocycles. The first kappa shape index (κ1) is 14.5. The molecule has 0 saturated heterocycles. The molecule has 106 valence electrons. The molecule has 0 amide bonds. The zero-order chi connectivity index (χ0) is 14.0. The van der Waals surface area contributed by atoms with Crippen molar-refractivity contribution in [3.8, 4) is 0 Å². The largest absolute Gasteiger partial charge is 0.383 e. The minimum atomic E-state index is 0.471. The molecule has 5 heteroatoms. The van der Waals surface area contributed by atoms with Crippen LogP contribution in [-0.2, 0) is 4.74 Å². The maximum atomic E-state index is 6.19. The predicted octanol–water partition coefficient (Wildman–Crippen LogP) is 3.00. The van der Waals surface area contributed by atoms with Crippen LogP contribution < -0.4 is 4.90 Å². The van der Waals surface area contributed by atoms with Crippen LogP contribution in [0.15, 0.2) is 0 Å². The predicted molar refractivity (Wildman–Crippen MR) is 77.9 cm³/mol. The smallest absolute Gasteiger partial charge is 0.137 e. The van der Waals surface area contributed by atoms with Gasteiger partial charge in [0.2, 0.25) is 0 Å². The molecule has 0 spiro atoms. The minimum absolute atomic E-state index is 0.471. The van der Waals surface area contributed by atoms with Crippen LogP contribution in [0.2, 0.25) is 5.15 Å². The standard InChI is InChI=1S/C14H22ClN3O/c1-9-13(15)16-11(3)17-14(9)18(7-8-19-4)10(2)12-5-6-12/h10,12H,5-8H2,1-4H3. The van der Waals surface area contributed by atoms with Crippen LogP contribution in [0.4, 0.5) is 5.82 Å². The van der Waals surface area contributed by atoms with Gasteiger partial charge in [0, 0.05) is 25.3 Å². The molecule has 1 aromatic rings. The lowest BCUT2D eigenvalue weighted by atomic mass is 10.1. The van der Waals surface area contributed by atoms with Gasteiger partial charge in [0.15, 0.2) is 0 Å². The van der Waals surface area contributed by atoms with Gasteiger partial charge in [-0.3, -0.25) is 0 Å². The highest BCUT2D eigenvalue weighted by Crippen LogP contribution is 2.37. The SMILES string of the molecule is COCCN(c1nc(C)nc(Cl)c1C)C(C)C1CC1. The topological polar surface area (TPSA) is 38.2 Å². The van der Waals surface area contributed by atoms with E-state index in [4.69, 9.17) is 16.3 Å². The van der Waals surface area contributed by atoms with Gasteiger partial charge in [0.25, 0.3) is 0 Å². The second kappa shape index (κ2) is 6.06. The van der Waals surface area contributed by atoms with Gasteiger partial charge in [-0.1, -0.05) is 11.6 Å². The highest BCUT2D eigenvalue weighted by Gasteiger charge is 2.33. The van der Waals surface area contributed by atoms with E-state index < -0.39 is 0 Å².